The average molecular weight is 375 g/mol. The van der Waals surface area contributed by atoms with E-state index < -0.39 is 0 Å². The maximum Gasteiger partial charge on any atom is 0.142 e. The quantitative estimate of drug-likeness (QED) is 0.614. The summed E-state index contributed by atoms with van der Waals surface area (Å²) < 4.78 is 0. The molecule has 1 aromatic heterocycles. The molecule has 0 saturated carbocycles. The highest BCUT2D eigenvalue weighted by atomic mass is 35.5. The van der Waals surface area contributed by atoms with E-state index in [1.165, 1.54) is 0 Å². The number of halogens is 3. The molecule has 0 radical (unpaired) electrons. The van der Waals surface area contributed by atoms with Gasteiger partial charge in [-0.1, -0.05) is 53.0 Å². The molecule has 0 spiro atoms. The van der Waals surface area contributed by atoms with Crippen LogP contribution in [0.3, 0.4) is 0 Å². The first kappa shape index (κ1) is 16.6. The zero-order chi connectivity index (χ0) is 17.3. The van der Waals surface area contributed by atoms with Crippen LogP contribution >= 0.6 is 34.8 Å². The fraction of sp³-hybridized carbons (Fsp3) is 0. The Morgan fingerprint density at radius 2 is 1.62 bits per heavy atom. The van der Waals surface area contributed by atoms with E-state index in [4.69, 9.17) is 40.5 Å². The van der Waals surface area contributed by atoms with E-state index in [9.17, 15) is 5.26 Å². The van der Waals surface area contributed by atoms with Crippen molar-refractivity contribution in [2.45, 2.75) is 0 Å². The zero-order valence-electron chi connectivity index (χ0n) is 12.2. The Balaban J connectivity index is 2.29. The van der Waals surface area contributed by atoms with Gasteiger partial charge in [0.15, 0.2) is 0 Å². The van der Waals surface area contributed by atoms with Crippen LogP contribution in [0.25, 0.3) is 22.4 Å². The van der Waals surface area contributed by atoms with Crippen molar-refractivity contribution in [2.75, 3.05) is 5.73 Å². The maximum absolute atomic E-state index is 9.45. The minimum atomic E-state index is 0.121. The minimum Gasteiger partial charge on any atom is -0.383 e. The van der Waals surface area contributed by atoms with E-state index in [0.29, 0.717) is 37.5 Å². The van der Waals surface area contributed by atoms with Crippen LogP contribution in [0.5, 0.6) is 0 Å². The molecule has 0 unspecified atom stereocenters. The van der Waals surface area contributed by atoms with Gasteiger partial charge in [0.05, 0.1) is 10.7 Å². The van der Waals surface area contributed by atoms with Crippen LogP contribution in [0.4, 0.5) is 5.82 Å². The molecule has 24 heavy (non-hydrogen) atoms. The number of hydrogen-bond acceptors (Lipinski definition) is 3. The molecule has 3 rings (SSSR count). The Morgan fingerprint density at radius 3 is 2.29 bits per heavy atom. The van der Waals surface area contributed by atoms with Gasteiger partial charge < -0.3 is 5.73 Å². The monoisotopic (exact) mass is 373 g/mol. The second kappa shape index (κ2) is 6.70. The van der Waals surface area contributed by atoms with Gasteiger partial charge in [-0.25, -0.2) is 4.98 Å². The number of nitrogens with zero attached hydrogens (tertiary/aromatic N) is 2. The number of nitrogen functional groups attached to an aromatic ring is 1. The number of aromatic nitrogens is 1. The predicted molar refractivity (Wildman–Crippen MR) is 99.3 cm³/mol. The fourth-order valence-corrected chi connectivity index (χ4v) is 3.15. The highest BCUT2D eigenvalue weighted by molar-refractivity contribution is 6.36. The van der Waals surface area contributed by atoms with Crippen molar-refractivity contribution in [3.63, 3.8) is 0 Å². The first-order valence-electron chi connectivity index (χ1n) is 6.92. The molecule has 3 nitrogen and oxygen atoms in total. The number of pyridine rings is 1. The summed E-state index contributed by atoms with van der Waals surface area (Å²) in [7, 11) is 0. The lowest BCUT2D eigenvalue weighted by Crippen LogP contribution is -2.00. The maximum atomic E-state index is 9.45. The van der Waals surface area contributed by atoms with Crippen LogP contribution in [0.1, 0.15) is 5.56 Å². The molecule has 0 bridgehead atoms. The second-order valence-corrected chi connectivity index (χ2v) is 6.28. The third-order valence-electron chi connectivity index (χ3n) is 3.53. The molecule has 1 heterocycles. The smallest absolute Gasteiger partial charge is 0.142 e. The van der Waals surface area contributed by atoms with Crippen LogP contribution in [0.2, 0.25) is 15.1 Å². The van der Waals surface area contributed by atoms with Crippen molar-refractivity contribution < 1.29 is 0 Å². The topological polar surface area (TPSA) is 62.7 Å². The van der Waals surface area contributed by atoms with Crippen LogP contribution in [-0.2, 0) is 0 Å². The summed E-state index contributed by atoms with van der Waals surface area (Å²) in [6.45, 7) is 0. The molecule has 0 saturated heterocycles. The van der Waals surface area contributed by atoms with E-state index in [1.54, 1.807) is 30.3 Å². The van der Waals surface area contributed by atoms with E-state index in [2.05, 4.69) is 11.1 Å². The lowest BCUT2D eigenvalue weighted by Gasteiger charge is -2.12. The predicted octanol–water partition coefficient (Wildman–Crippen LogP) is 5.83. The van der Waals surface area contributed by atoms with E-state index in [0.717, 1.165) is 0 Å². The largest absolute Gasteiger partial charge is 0.383 e. The van der Waals surface area contributed by atoms with Gasteiger partial charge in [-0.05, 0) is 30.3 Å². The van der Waals surface area contributed by atoms with Crippen molar-refractivity contribution in [1.29, 1.82) is 5.26 Å². The Hall–Kier alpha value is -2.25. The van der Waals surface area contributed by atoms with Crippen molar-refractivity contribution >= 4 is 40.6 Å². The van der Waals surface area contributed by atoms with Crippen molar-refractivity contribution in [2.24, 2.45) is 0 Å². The number of nitriles is 1. The van der Waals surface area contributed by atoms with Crippen LogP contribution in [0.15, 0.2) is 48.5 Å². The Morgan fingerprint density at radius 1 is 0.875 bits per heavy atom. The van der Waals surface area contributed by atoms with Gasteiger partial charge in [-0.2, -0.15) is 5.26 Å². The number of benzene rings is 2. The molecular weight excluding hydrogens is 365 g/mol. The van der Waals surface area contributed by atoms with Gasteiger partial charge in [0.25, 0.3) is 0 Å². The molecular formula is C18H10Cl3N3. The SMILES string of the molecule is N#Cc1c(-c2ccccc2Cl)cc(-c2ccc(Cl)cc2Cl)nc1N. The van der Waals surface area contributed by atoms with Gasteiger partial charge in [0.2, 0.25) is 0 Å². The lowest BCUT2D eigenvalue weighted by molar-refractivity contribution is 1.31. The third kappa shape index (κ3) is 3.05. The molecule has 2 aromatic carbocycles. The summed E-state index contributed by atoms with van der Waals surface area (Å²) in [5, 5.41) is 10.9. The molecule has 2 N–H and O–H groups in total. The molecule has 118 valence electrons. The minimum absolute atomic E-state index is 0.121. The highest BCUT2D eigenvalue weighted by Crippen LogP contribution is 2.37. The Labute approximate surface area is 154 Å². The summed E-state index contributed by atoms with van der Waals surface area (Å²) >= 11 is 18.5. The molecule has 6 heteroatoms. The zero-order valence-corrected chi connectivity index (χ0v) is 14.5. The fourth-order valence-electron chi connectivity index (χ4n) is 2.41. The molecule has 0 atom stereocenters. The summed E-state index contributed by atoms with van der Waals surface area (Å²) in [6.07, 6.45) is 0. The molecule has 0 amide bonds. The number of anilines is 1. The summed E-state index contributed by atoms with van der Waals surface area (Å²) in [5.41, 5.74) is 8.80. The molecule has 0 aliphatic rings. The molecule has 0 aliphatic heterocycles. The van der Waals surface area contributed by atoms with Gasteiger partial charge in [0.1, 0.15) is 17.5 Å². The lowest BCUT2D eigenvalue weighted by atomic mass is 9.98. The van der Waals surface area contributed by atoms with E-state index in [1.807, 2.05) is 18.2 Å². The third-order valence-corrected chi connectivity index (χ3v) is 4.41. The molecule has 0 aliphatic carbocycles. The van der Waals surface area contributed by atoms with Gasteiger partial charge in [-0.3, -0.25) is 0 Å². The van der Waals surface area contributed by atoms with Crippen LogP contribution in [0, 0.1) is 11.3 Å². The summed E-state index contributed by atoms with van der Waals surface area (Å²) in [6, 6.07) is 16.2. The van der Waals surface area contributed by atoms with Crippen molar-refractivity contribution in [3.8, 4) is 28.5 Å². The average Bonchev–Trinajstić information content (AvgIpc) is 2.54. The van der Waals surface area contributed by atoms with Crippen molar-refractivity contribution in [3.05, 3.63) is 69.2 Å². The van der Waals surface area contributed by atoms with Gasteiger partial charge in [0, 0.05) is 26.7 Å². The van der Waals surface area contributed by atoms with E-state index in [-0.39, 0.29) is 11.4 Å². The van der Waals surface area contributed by atoms with E-state index >= 15 is 0 Å². The first-order valence-corrected chi connectivity index (χ1v) is 8.05. The normalized spacial score (nSPS) is 10.4. The van der Waals surface area contributed by atoms with Crippen LogP contribution in [-0.4, -0.2) is 4.98 Å². The number of rotatable bonds is 2. The van der Waals surface area contributed by atoms with Gasteiger partial charge >= 0.3 is 0 Å². The number of nitrogens with two attached hydrogens (primary N) is 1. The standard InChI is InChI=1S/C18H10Cl3N3/c19-10-5-6-12(16(21)7-10)17-8-13(14(9-22)18(23)24-17)11-3-1-2-4-15(11)20/h1-8H,(H2,23,24). The van der Waals surface area contributed by atoms with Gasteiger partial charge in [-0.15, -0.1) is 0 Å². The van der Waals surface area contributed by atoms with Crippen molar-refractivity contribution in [1.82, 2.24) is 4.98 Å². The Bertz CT molecular complexity index is 978. The highest BCUT2D eigenvalue weighted by Gasteiger charge is 2.16. The van der Waals surface area contributed by atoms with Crippen LogP contribution < -0.4 is 5.73 Å². The Kier molecular flexibility index (Phi) is 4.64. The molecule has 0 fully saturated rings. The summed E-state index contributed by atoms with van der Waals surface area (Å²) in [4.78, 5) is 4.31. The number of hydrogen-bond donors (Lipinski definition) is 1. The second-order valence-electron chi connectivity index (χ2n) is 5.03. The molecule has 3 aromatic rings. The first-order chi connectivity index (χ1) is 11.5. The summed E-state index contributed by atoms with van der Waals surface area (Å²) in [5.74, 6) is 0.121.